The molecule has 0 saturated carbocycles. The molecule has 1 atom stereocenters. The minimum atomic E-state index is 0.240. The average molecular weight is 325 g/mol. The van der Waals surface area contributed by atoms with Gasteiger partial charge < -0.3 is 0 Å². The largest absolute Gasteiger partial charge is 0.261 e. The molecule has 0 fully saturated rings. The van der Waals surface area contributed by atoms with Gasteiger partial charge in [0.2, 0.25) is 0 Å². The van der Waals surface area contributed by atoms with Crippen molar-refractivity contribution in [2.75, 3.05) is 0 Å². The summed E-state index contributed by atoms with van der Waals surface area (Å²) in [5.41, 5.74) is 4.64. The van der Waals surface area contributed by atoms with Crippen molar-refractivity contribution in [3.8, 4) is 0 Å². The number of benzene rings is 1. The first-order valence-corrected chi connectivity index (χ1v) is 7.18. The Labute approximate surface area is 121 Å². The van der Waals surface area contributed by atoms with E-state index in [1.54, 1.807) is 0 Å². The summed E-state index contributed by atoms with van der Waals surface area (Å²) >= 11 is 9.87. The normalized spacial score (nSPS) is 12.4. The monoisotopic (exact) mass is 323 g/mol. The van der Waals surface area contributed by atoms with Crippen LogP contribution in [0, 0.1) is 13.8 Å². The van der Waals surface area contributed by atoms with Crippen LogP contribution in [-0.4, -0.2) is 4.98 Å². The van der Waals surface area contributed by atoms with Gasteiger partial charge in [0.15, 0.2) is 0 Å². The predicted octanol–water partition coefficient (Wildman–Crippen LogP) is 5.03. The zero-order valence-corrected chi connectivity index (χ0v) is 12.8. The van der Waals surface area contributed by atoms with Crippen molar-refractivity contribution in [2.45, 2.75) is 25.1 Å². The molecule has 18 heavy (non-hydrogen) atoms. The summed E-state index contributed by atoms with van der Waals surface area (Å²) in [6.45, 7) is 4.10. The van der Waals surface area contributed by atoms with E-state index in [2.05, 4.69) is 46.0 Å². The number of hydrogen-bond acceptors (Lipinski definition) is 1. The Kier molecular flexibility index (Phi) is 4.41. The Hall–Kier alpha value is -0.860. The van der Waals surface area contributed by atoms with E-state index in [0.29, 0.717) is 0 Å². The highest BCUT2D eigenvalue weighted by atomic mass is 79.9. The summed E-state index contributed by atoms with van der Waals surface area (Å²) in [5.74, 6) is 0. The van der Waals surface area contributed by atoms with Gasteiger partial charge in [-0.05, 0) is 42.7 Å². The summed E-state index contributed by atoms with van der Waals surface area (Å²) < 4.78 is 0. The van der Waals surface area contributed by atoms with E-state index in [1.807, 2.05) is 25.3 Å². The summed E-state index contributed by atoms with van der Waals surface area (Å²) in [6, 6.07) is 10.2. The molecule has 0 spiro atoms. The lowest BCUT2D eigenvalue weighted by molar-refractivity contribution is 0.891. The third kappa shape index (κ3) is 3.12. The number of alkyl halides is 1. The number of hydrogen-bond donors (Lipinski definition) is 0. The van der Waals surface area contributed by atoms with Crippen molar-refractivity contribution in [1.82, 2.24) is 4.98 Å². The van der Waals surface area contributed by atoms with E-state index in [-0.39, 0.29) is 4.83 Å². The number of aromatic nitrogens is 1. The SMILES string of the molecule is Cc1ccc(C(Br)Cc2ncccc2C)cc1Cl. The molecule has 2 aromatic rings. The zero-order chi connectivity index (χ0) is 13.1. The second-order valence-electron chi connectivity index (χ2n) is 4.45. The fraction of sp³-hybridized carbons (Fsp3) is 0.267. The van der Waals surface area contributed by atoms with Gasteiger partial charge >= 0.3 is 0 Å². The molecule has 0 aliphatic carbocycles. The first-order valence-electron chi connectivity index (χ1n) is 5.88. The molecule has 1 nitrogen and oxygen atoms in total. The standard InChI is InChI=1S/C15H15BrClN/c1-10-5-6-12(8-14(10)17)13(16)9-15-11(2)4-3-7-18-15/h3-8,13H,9H2,1-2H3. The molecule has 0 aliphatic heterocycles. The van der Waals surface area contributed by atoms with Crippen LogP contribution in [-0.2, 0) is 6.42 Å². The minimum Gasteiger partial charge on any atom is -0.261 e. The van der Waals surface area contributed by atoms with Gasteiger partial charge in [0, 0.05) is 28.2 Å². The molecule has 1 aromatic carbocycles. The predicted molar refractivity (Wildman–Crippen MR) is 80.5 cm³/mol. The Morgan fingerprint density at radius 2 is 2.00 bits per heavy atom. The van der Waals surface area contributed by atoms with E-state index in [9.17, 15) is 0 Å². The van der Waals surface area contributed by atoms with Gasteiger partial charge in [-0.3, -0.25) is 4.98 Å². The lowest BCUT2D eigenvalue weighted by Crippen LogP contribution is -2.00. The number of halogens is 2. The first-order chi connectivity index (χ1) is 8.58. The van der Waals surface area contributed by atoms with Crippen molar-refractivity contribution >= 4 is 27.5 Å². The van der Waals surface area contributed by atoms with Crippen LogP contribution in [0.1, 0.15) is 27.2 Å². The molecule has 0 amide bonds. The third-order valence-corrected chi connectivity index (χ3v) is 4.31. The fourth-order valence-electron chi connectivity index (χ4n) is 1.82. The maximum absolute atomic E-state index is 6.16. The van der Waals surface area contributed by atoms with E-state index >= 15 is 0 Å². The second kappa shape index (κ2) is 5.85. The molecule has 0 N–H and O–H groups in total. The van der Waals surface area contributed by atoms with Gasteiger partial charge in [-0.15, -0.1) is 0 Å². The number of rotatable bonds is 3. The molecular formula is C15H15BrClN. The maximum Gasteiger partial charge on any atom is 0.0451 e. The van der Waals surface area contributed by atoms with Gasteiger partial charge in [-0.25, -0.2) is 0 Å². The summed E-state index contributed by atoms with van der Waals surface area (Å²) in [7, 11) is 0. The van der Waals surface area contributed by atoms with Gasteiger partial charge in [-0.1, -0.05) is 45.7 Å². The van der Waals surface area contributed by atoms with E-state index in [0.717, 1.165) is 22.7 Å². The van der Waals surface area contributed by atoms with Crippen LogP contribution in [0.4, 0.5) is 0 Å². The number of aryl methyl sites for hydroxylation is 2. The Bertz CT molecular complexity index is 554. The molecule has 0 radical (unpaired) electrons. The van der Waals surface area contributed by atoms with Crippen LogP contribution in [0.3, 0.4) is 0 Å². The van der Waals surface area contributed by atoms with Crippen LogP contribution in [0.2, 0.25) is 5.02 Å². The lowest BCUT2D eigenvalue weighted by atomic mass is 10.0. The number of nitrogens with zero attached hydrogens (tertiary/aromatic N) is 1. The van der Waals surface area contributed by atoms with Crippen molar-refractivity contribution < 1.29 is 0 Å². The van der Waals surface area contributed by atoms with Crippen molar-refractivity contribution in [1.29, 1.82) is 0 Å². The Morgan fingerprint density at radius 1 is 1.22 bits per heavy atom. The molecule has 0 bridgehead atoms. The Balaban J connectivity index is 2.19. The molecule has 1 heterocycles. The van der Waals surface area contributed by atoms with Crippen LogP contribution in [0.5, 0.6) is 0 Å². The fourth-order valence-corrected chi connectivity index (χ4v) is 2.60. The van der Waals surface area contributed by atoms with Crippen molar-refractivity contribution in [3.63, 3.8) is 0 Å². The lowest BCUT2D eigenvalue weighted by Gasteiger charge is -2.12. The first kappa shape index (κ1) is 13.6. The smallest absolute Gasteiger partial charge is 0.0451 e. The van der Waals surface area contributed by atoms with Crippen LogP contribution < -0.4 is 0 Å². The van der Waals surface area contributed by atoms with Gasteiger partial charge in [-0.2, -0.15) is 0 Å². The highest BCUT2D eigenvalue weighted by Gasteiger charge is 2.11. The zero-order valence-electron chi connectivity index (χ0n) is 10.5. The molecule has 0 saturated heterocycles. The second-order valence-corrected chi connectivity index (χ2v) is 5.96. The van der Waals surface area contributed by atoms with E-state index in [1.165, 1.54) is 11.1 Å². The third-order valence-electron chi connectivity index (χ3n) is 3.05. The average Bonchev–Trinajstić information content (AvgIpc) is 2.35. The van der Waals surface area contributed by atoms with Crippen molar-refractivity contribution in [2.24, 2.45) is 0 Å². The van der Waals surface area contributed by atoms with Gasteiger partial charge in [0.25, 0.3) is 0 Å². The van der Waals surface area contributed by atoms with Crippen molar-refractivity contribution in [3.05, 3.63) is 63.9 Å². The van der Waals surface area contributed by atoms with Crippen LogP contribution >= 0.6 is 27.5 Å². The minimum absolute atomic E-state index is 0.240. The van der Waals surface area contributed by atoms with Crippen LogP contribution in [0.25, 0.3) is 0 Å². The summed E-state index contributed by atoms with van der Waals surface area (Å²) in [4.78, 5) is 4.66. The van der Waals surface area contributed by atoms with Gasteiger partial charge in [0.1, 0.15) is 0 Å². The van der Waals surface area contributed by atoms with Gasteiger partial charge in [0.05, 0.1) is 0 Å². The molecular weight excluding hydrogens is 310 g/mol. The molecule has 94 valence electrons. The highest BCUT2D eigenvalue weighted by molar-refractivity contribution is 9.09. The number of pyridine rings is 1. The molecule has 1 unspecified atom stereocenters. The quantitative estimate of drug-likeness (QED) is 0.722. The molecule has 0 aliphatic rings. The highest BCUT2D eigenvalue weighted by Crippen LogP contribution is 2.30. The van der Waals surface area contributed by atoms with E-state index < -0.39 is 0 Å². The maximum atomic E-state index is 6.16. The topological polar surface area (TPSA) is 12.9 Å². The molecule has 3 heteroatoms. The van der Waals surface area contributed by atoms with E-state index in [4.69, 9.17) is 11.6 Å². The summed E-state index contributed by atoms with van der Waals surface area (Å²) in [6.07, 6.45) is 2.70. The molecule has 2 rings (SSSR count). The Morgan fingerprint density at radius 3 is 2.67 bits per heavy atom. The summed E-state index contributed by atoms with van der Waals surface area (Å²) in [5, 5.41) is 0.815. The van der Waals surface area contributed by atoms with Crippen LogP contribution in [0.15, 0.2) is 36.5 Å². The molecule has 1 aromatic heterocycles.